The molecule has 0 amide bonds. The van der Waals surface area contributed by atoms with Crippen molar-refractivity contribution >= 4 is 22.3 Å². The predicted molar refractivity (Wildman–Crippen MR) is 97.0 cm³/mol. The average Bonchev–Trinajstić information content (AvgIpc) is 3.00. The Bertz CT molecular complexity index is 840. The number of nitro groups is 1. The third kappa shape index (κ3) is 3.63. The van der Waals surface area contributed by atoms with Crippen LogP contribution in [0.5, 0.6) is 0 Å². The monoisotopic (exact) mass is 345 g/mol. The first-order valence-electron chi connectivity index (χ1n) is 8.45. The second kappa shape index (κ2) is 6.79. The smallest absolute Gasteiger partial charge is 0.293 e. The number of aromatic amines is 1. The van der Waals surface area contributed by atoms with Crippen molar-refractivity contribution < 1.29 is 4.92 Å². The number of nitro benzene ring substituents is 1. The second-order valence-corrected chi connectivity index (χ2v) is 7.17. The predicted octanol–water partition coefficient (Wildman–Crippen LogP) is 2.37. The van der Waals surface area contributed by atoms with E-state index in [0.717, 1.165) is 19.4 Å². The van der Waals surface area contributed by atoms with Crippen molar-refractivity contribution in [2.45, 2.75) is 25.7 Å². The summed E-state index contributed by atoms with van der Waals surface area (Å²) in [5, 5.41) is 15.0. The van der Waals surface area contributed by atoms with E-state index in [1.807, 2.05) is 0 Å². The number of aromatic nitrogens is 2. The molecule has 3 rings (SSSR count). The van der Waals surface area contributed by atoms with Gasteiger partial charge in [0.2, 0.25) is 0 Å². The van der Waals surface area contributed by atoms with Crippen LogP contribution in [0.3, 0.4) is 0 Å². The van der Waals surface area contributed by atoms with Gasteiger partial charge in [0.15, 0.2) is 0 Å². The fraction of sp³-hybridized carbons (Fsp3) is 0.529. The Labute approximate surface area is 145 Å². The Kier molecular flexibility index (Phi) is 4.71. The summed E-state index contributed by atoms with van der Waals surface area (Å²) in [6, 6.07) is 2.90. The minimum atomic E-state index is -0.457. The molecule has 134 valence electrons. The molecule has 0 bridgehead atoms. The van der Waals surface area contributed by atoms with E-state index in [9.17, 15) is 14.9 Å². The van der Waals surface area contributed by atoms with Gasteiger partial charge in [-0.25, -0.2) is 4.98 Å². The van der Waals surface area contributed by atoms with Crippen molar-refractivity contribution in [2.75, 3.05) is 32.5 Å². The highest BCUT2D eigenvalue weighted by atomic mass is 16.6. The number of hydrogen-bond donors (Lipinski definition) is 2. The van der Waals surface area contributed by atoms with Crippen LogP contribution in [0, 0.1) is 15.5 Å². The minimum absolute atomic E-state index is 0.0935. The molecular weight excluding hydrogens is 322 g/mol. The average molecular weight is 345 g/mol. The Morgan fingerprint density at radius 2 is 2.08 bits per heavy atom. The van der Waals surface area contributed by atoms with Gasteiger partial charge in [-0.15, -0.1) is 0 Å². The molecule has 25 heavy (non-hydrogen) atoms. The van der Waals surface area contributed by atoms with Crippen molar-refractivity contribution in [3.8, 4) is 0 Å². The van der Waals surface area contributed by atoms with Crippen LogP contribution in [-0.4, -0.2) is 47.0 Å². The number of nitrogens with zero attached hydrogens (tertiary/aromatic N) is 3. The van der Waals surface area contributed by atoms with Gasteiger partial charge < -0.3 is 15.2 Å². The maximum Gasteiger partial charge on any atom is 0.293 e. The van der Waals surface area contributed by atoms with Crippen molar-refractivity contribution in [1.29, 1.82) is 0 Å². The molecule has 8 nitrogen and oxygen atoms in total. The topological polar surface area (TPSA) is 104 Å². The summed E-state index contributed by atoms with van der Waals surface area (Å²) in [5.74, 6) is 0. The summed E-state index contributed by atoms with van der Waals surface area (Å²) in [7, 11) is 4.10. The van der Waals surface area contributed by atoms with Crippen LogP contribution < -0.4 is 10.9 Å². The Balaban J connectivity index is 1.93. The van der Waals surface area contributed by atoms with E-state index in [2.05, 4.69) is 34.3 Å². The summed E-state index contributed by atoms with van der Waals surface area (Å²) in [5.41, 5.74) is 0.516. The first kappa shape index (κ1) is 17.3. The van der Waals surface area contributed by atoms with E-state index in [1.165, 1.54) is 25.2 Å². The van der Waals surface area contributed by atoms with Gasteiger partial charge in [0.1, 0.15) is 5.69 Å². The first-order chi connectivity index (χ1) is 11.9. The van der Waals surface area contributed by atoms with Crippen LogP contribution in [0.4, 0.5) is 11.4 Å². The van der Waals surface area contributed by atoms with E-state index in [0.29, 0.717) is 17.7 Å². The molecular formula is C17H23N5O3. The van der Waals surface area contributed by atoms with Crippen LogP contribution in [0.25, 0.3) is 10.9 Å². The molecule has 0 atom stereocenters. The fourth-order valence-corrected chi connectivity index (χ4v) is 3.87. The third-order valence-electron chi connectivity index (χ3n) is 4.92. The van der Waals surface area contributed by atoms with E-state index in [-0.39, 0.29) is 22.0 Å². The van der Waals surface area contributed by atoms with E-state index < -0.39 is 4.92 Å². The Morgan fingerprint density at radius 1 is 1.36 bits per heavy atom. The number of anilines is 1. The molecule has 8 heteroatoms. The Hall–Kier alpha value is -2.48. The molecule has 1 fully saturated rings. The Morgan fingerprint density at radius 3 is 2.72 bits per heavy atom. The molecule has 1 aromatic heterocycles. The van der Waals surface area contributed by atoms with Gasteiger partial charge in [0.25, 0.3) is 11.2 Å². The molecule has 1 aromatic carbocycles. The maximum atomic E-state index is 11.9. The summed E-state index contributed by atoms with van der Waals surface area (Å²) in [6.45, 7) is 1.61. The number of H-pyrrole nitrogens is 1. The molecule has 1 heterocycles. The molecule has 0 radical (unpaired) electrons. The van der Waals surface area contributed by atoms with Crippen molar-refractivity contribution in [2.24, 2.45) is 5.41 Å². The standard InChI is InChI=1S/C17H23N5O3/c1-21(2)10-17(5-3-4-6-17)9-18-14-8-13-12(7-15(14)22(24)25)16(23)20-11-19-13/h7-8,11,18H,3-6,9-10H2,1-2H3,(H,19,20,23). The lowest BCUT2D eigenvalue weighted by molar-refractivity contribution is -0.383. The molecule has 0 aliphatic heterocycles. The molecule has 0 spiro atoms. The SMILES string of the molecule is CN(C)CC1(CNc2cc3nc[nH]c(=O)c3cc2[N+](=O)[O-])CCCC1. The van der Waals surface area contributed by atoms with Crippen molar-refractivity contribution in [3.63, 3.8) is 0 Å². The van der Waals surface area contributed by atoms with Crippen molar-refractivity contribution in [3.05, 3.63) is 38.9 Å². The lowest BCUT2D eigenvalue weighted by Crippen LogP contribution is -2.37. The molecule has 2 N–H and O–H groups in total. The molecule has 0 unspecified atom stereocenters. The zero-order valence-electron chi connectivity index (χ0n) is 14.5. The summed E-state index contributed by atoms with van der Waals surface area (Å²) < 4.78 is 0. The highest BCUT2D eigenvalue weighted by Gasteiger charge is 2.34. The normalized spacial score (nSPS) is 16.4. The van der Waals surface area contributed by atoms with Gasteiger partial charge in [-0.05, 0) is 33.0 Å². The van der Waals surface area contributed by atoms with Gasteiger partial charge in [0.05, 0.1) is 22.2 Å². The van der Waals surface area contributed by atoms with Crippen LogP contribution >= 0.6 is 0 Å². The molecule has 1 aliphatic carbocycles. The van der Waals surface area contributed by atoms with E-state index in [4.69, 9.17) is 0 Å². The largest absolute Gasteiger partial charge is 0.379 e. The lowest BCUT2D eigenvalue weighted by atomic mass is 9.85. The van der Waals surface area contributed by atoms with E-state index in [1.54, 1.807) is 6.07 Å². The highest BCUT2D eigenvalue weighted by Crippen LogP contribution is 2.39. The third-order valence-corrected chi connectivity index (χ3v) is 4.92. The lowest BCUT2D eigenvalue weighted by Gasteiger charge is -2.32. The summed E-state index contributed by atoms with van der Waals surface area (Å²) in [6.07, 6.45) is 5.90. The molecule has 1 aliphatic rings. The van der Waals surface area contributed by atoms with Gasteiger partial charge in [-0.2, -0.15) is 0 Å². The molecule has 2 aromatic rings. The zero-order chi connectivity index (χ0) is 18.0. The first-order valence-corrected chi connectivity index (χ1v) is 8.45. The number of hydrogen-bond acceptors (Lipinski definition) is 6. The quantitative estimate of drug-likeness (QED) is 0.615. The van der Waals surface area contributed by atoms with Crippen molar-refractivity contribution in [1.82, 2.24) is 14.9 Å². The summed E-state index contributed by atoms with van der Waals surface area (Å²) >= 11 is 0. The fourth-order valence-electron chi connectivity index (χ4n) is 3.87. The second-order valence-electron chi connectivity index (χ2n) is 7.17. The number of fused-ring (bicyclic) bond motifs is 1. The highest BCUT2D eigenvalue weighted by molar-refractivity contribution is 5.86. The van der Waals surface area contributed by atoms with Crippen LogP contribution in [0.2, 0.25) is 0 Å². The number of nitrogens with one attached hydrogen (secondary N) is 2. The van der Waals surface area contributed by atoms with Crippen LogP contribution in [0.15, 0.2) is 23.3 Å². The number of benzene rings is 1. The number of rotatable bonds is 6. The molecule has 0 saturated heterocycles. The maximum absolute atomic E-state index is 11.9. The molecule has 1 saturated carbocycles. The minimum Gasteiger partial charge on any atom is -0.379 e. The van der Waals surface area contributed by atoms with E-state index >= 15 is 0 Å². The van der Waals surface area contributed by atoms with Gasteiger partial charge >= 0.3 is 0 Å². The van der Waals surface area contributed by atoms with Gasteiger partial charge in [0, 0.05) is 24.6 Å². The van der Waals surface area contributed by atoms with Gasteiger partial charge in [-0.3, -0.25) is 14.9 Å². The van der Waals surface area contributed by atoms with Crippen LogP contribution in [0.1, 0.15) is 25.7 Å². The van der Waals surface area contributed by atoms with Gasteiger partial charge in [-0.1, -0.05) is 12.8 Å². The van der Waals surface area contributed by atoms with Crippen LogP contribution in [-0.2, 0) is 0 Å². The summed E-state index contributed by atoms with van der Waals surface area (Å²) in [4.78, 5) is 31.6. The zero-order valence-corrected chi connectivity index (χ0v) is 14.5.